The monoisotopic (exact) mass is 396 g/mol. The number of methoxy groups -OCH3 is 1. The number of para-hydroxylation sites is 1. The van der Waals surface area contributed by atoms with E-state index in [0.717, 1.165) is 49.5 Å². The molecule has 156 valence electrons. The number of aromatic nitrogens is 1. The predicted molar refractivity (Wildman–Crippen MR) is 114 cm³/mol. The number of pyridine rings is 1. The van der Waals surface area contributed by atoms with Gasteiger partial charge in [0.15, 0.2) is 0 Å². The molecule has 29 heavy (non-hydrogen) atoms. The largest absolute Gasteiger partial charge is 0.496 e. The molecule has 1 aromatic carbocycles. The summed E-state index contributed by atoms with van der Waals surface area (Å²) in [6.45, 7) is 4.46. The van der Waals surface area contributed by atoms with Crippen molar-refractivity contribution in [3.05, 3.63) is 59.4 Å². The number of hydrogen-bond acceptors (Lipinski definition) is 6. The quantitative estimate of drug-likeness (QED) is 0.642. The molecule has 0 spiro atoms. The average Bonchev–Trinajstić information content (AvgIpc) is 2.75. The highest BCUT2D eigenvalue weighted by Crippen LogP contribution is 2.25. The Morgan fingerprint density at radius 3 is 2.83 bits per heavy atom. The lowest BCUT2D eigenvalue weighted by Gasteiger charge is -2.32. The lowest BCUT2D eigenvalue weighted by Crippen LogP contribution is -2.35. The predicted octanol–water partition coefficient (Wildman–Crippen LogP) is 2.51. The third kappa shape index (κ3) is 6.63. The molecule has 1 aliphatic heterocycles. The lowest BCUT2D eigenvalue weighted by atomic mass is 9.91. The van der Waals surface area contributed by atoms with Gasteiger partial charge in [-0.3, -0.25) is 14.7 Å². The van der Waals surface area contributed by atoms with Crippen LogP contribution in [-0.2, 0) is 24.4 Å². The second-order valence-electron chi connectivity index (χ2n) is 7.74. The molecule has 1 fully saturated rings. The van der Waals surface area contributed by atoms with Gasteiger partial charge in [0.25, 0.3) is 0 Å². The fourth-order valence-corrected chi connectivity index (χ4v) is 3.90. The Hall–Kier alpha value is -2.28. The van der Waals surface area contributed by atoms with Crippen LogP contribution >= 0.6 is 0 Å². The standard InChI is InChI=1S/C23H32N4O2/c1-29-23-5-3-2-4-20(23)17-27-10-7-18(8-11-27)13-22(28)16-25-15-21-12-19(14-24)6-9-26-21/h2-6,9,12,18,25H,7-8,10-11,13-17,24H2,1H3. The van der Waals surface area contributed by atoms with E-state index in [-0.39, 0.29) is 5.78 Å². The van der Waals surface area contributed by atoms with E-state index in [2.05, 4.69) is 27.3 Å². The van der Waals surface area contributed by atoms with Crippen molar-refractivity contribution in [1.82, 2.24) is 15.2 Å². The van der Waals surface area contributed by atoms with Crippen molar-refractivity contribution in [2.45, 2.75) is 38.9 Å². The number of ketones is 1. The number of benzene rings is 1. The third-order valence-corrected chi connectivity index (χ3v) is 5.55. The summed E-state index contributed by atoms with van der Waals surface area (Å²) in [5, 5.41) is 3.22. The second-order valence-corrected chi connectivity index (χ2v) is 7.74. The molecular weight excluding hydrogens is 364 g/mol. The first-order valence-corrected chi connectivity index (χ1v) is 10.4. The molecule has 6 nitrogen and oxygen atoms in total. The molecule has 1 aromatic heterocycles. The number of hydrogen-bond donors (Lipinski definition) is 2. The number of nitrogens with two attached hydrogens (primary N) is 1. The molecule has 0 bridgehead atoms. The summed E-state index contributed by atoms with van der Waals surface area (Å²) in [5.74, 6) is 1.71. The number of nitrogens with one attached hydrogen (secondary N) is 1. The van der Waals surface area contributed by atoms with E-state index in [1.165, 1.54) is 5.56 Å². The molecule has 0 radical (unpaired) electrons. The number of rotatable bonds is 10. The highest BCUT2D eigenvalue weighted by atomic mass is 16.5. The van der Waals surface area contributed by atoms with Crippen molar-refractivity contribution >= 4 is 5.78 Å². The zero-order chi connectivity index (χ0) is 20.5. The zero-order valence-corrected chi connectivity index (χ0v) is 17.3. The third-order valence-electron chi connectivity index (χ3n) is 5.55. The van der Waals surface area contributed by atoms with Crippen LogP contribution in [0.15, 0.2) is 42.6 Å². The highest BCUT2D eigenvalue weighted by Gasteiger charge is 2.22. The topological polar surface area (TPSA) is 80.5 Å². The number of carbonyl (C=O) groups excluding carboxylic acids is 1. The maximum Gasteiger partial charge on any atom is 0.146 e. The number of piperidine rings is 1. The molecule has 1 aliphatic rings. The highest BCUT2D eigenvalue weighted by molar-refractivity contribution is 5.80. The van der Waals surface area contributed by atoms with Gasteiger partial charge in [0, 0.05) is 37.8 Å². The fourth-order valence-electron chi connectivity index (χ4n) is 3.90. The summed E-state index contributed by atoms with van der Waals surface area (Å²) in [5.41, 5.74) is 8.86. The van der Waals surface area contributed by atoms with Gasteiger partial charge in [-0.25, -0.2) is 0 Å². The van der Waals surface area contributed by atoms with Gasteiger partial charge in [0.1, 0.15) is 11.5 Å². The Kier molecular flexibility index (Phi) is 8.16. The minimum absolute atomic E-state index is 0.281. The van der Waals surface area contributed by atoms with Crippen LogP contribution in [0.25, 0.3) is 0 Å². The fraction of sp³-hybridized carbons (Fsp3) is 0.478. The molecule has 1 saturated heterocycles. The van der Waals surface area contributed by atoms with Gasteiger partial charge in [-0.1, -0.05) is 18.2 Å². The number of carbonyl (C=O) groups is 1. The van der Waals surface area contributed by atoms with Crippen molar-refractivity contribution in [3.8, 4) is 5.75 Å². The second kappa shape index (κ2) is 11.0. The van der Waals surface area contributed by atoms with Crippen LogP contribution in [0.1, 0.15) is 36.1 Å². The van der Waals surface area contributed by atoms with Gasteiger partial charge >= 0.3 is 0 Å². The number of Topliss-reactive ketones (excluding diaryl/α,β-unsaturated/α-hetero) is 1. The Morgan fingerprint density at radius 2 is 2.07 bits per heavy atom. The van der Waals surface area contributed by atoms with Crippen molar-refractivity contribution in [2.75, 3.05) is 26.7 Å². The molecule has 0 saturated carbocycles. The van der Waals surface area contributed by atoms with Crippen LogP contribution in [0.3, 0.4) is 0 Å². The van der Waals surface area contributed by atoms with E-state index in [1.54, 1.807) is 13.3 Å². The van der Waals surface area contributed by atoms with Crippen LogP contribution in [-0.4, -0.2) is 42.4 Å². The molecule has 3 rings (SSSR count). The first-order valence-electron chi connectivity index (χ1n) is 10.4. The van der Waals surface area contributed by atoms with Gasteiger partial charge in [0.05, 0.1) is 19.3 Å². The van der Waals surface area contributed by atoms with E-state index >= 15 is 0 Å². The lowest BCUT2D eigenvalue weighted by molar-refractivity contribution is -0.119. The first kappa shape index (κ1) is 21.4. The number of likely N-dealkylation sites (tertiary alicyclic amines) is 1. The minimum Gasteiger partial charge on any atom is -0.496 e. The van der Waals surface area contributed by atoms with Gasteiger partial charge in [-0.2, -0.15) is 0 Å². The van der Waals surface area contributed by atoms with Crippen molar-refractivity contribution in [3.63, 3.8) is 0 Å². The summed E-state index contributed by atoms with van der Waals surface area (Å²) < 4.78 is 5.45. The summed E-state index contributed by atoms with van der Waals surface area (Å²) >= 11 is 0. The van der Waals surface area contributed by atoms with Crippen LogP contribution in [0.5, 0.6) is 5.75 Å². The summed E-state index contributed by atoms with van der Waals surface area (Å²) in [6.07, 6.45) is 4.56. The van der Waals surface area contributed by atoms with Crippen LogP contribution < -0.4 is 15.8 Å². The molecule has 0 atom stereocenters. The SMILES string of the molecule is COc1ccccc1CN1CCC(CC(=O)CNCc2cc(CN)ccn2)CC1. The van der Waals surface area contributed by atoms with Crippen molar-refractivity contribution in [1.29, 1.82) is 0 Å². The molecule has 0 unspecified atom stereocenters. The van der Waals surface area contributed by atoms with Crippen molar-refractivity contribution in [2.24, 2.45) is 11.7 Å². The molecule has 3 N–H and O–H groups in total. The van der Waals surface area contributed by atoms with Crippen molar-refractivity contribution < 1.29 is 9.53 Å². The first-order chi connectivity index (χ1) is 14.2. The van der Waals surface area contributed by atoms with E-state index in [9.17, 15) is 4.79 Å². The van der Waals surface area contributed by atoms with Crippen LogP contribution in [0, 0.1) is 5.92 Å². The van der Waals surface area contributed by atoms with E-state index in [0.29, 0.717) is 32.0 Å². The molecule has 0 aliphatic carbocycles. The van der Waals surface area contributed by atoms with Gasteiger partial charge in [-0.15, -0.1) is 0 Å². The van der Waals surface area contributed by atoms with Gasteiger partial charge in [-0.05, 0) is 55.6 Å². The molecule has 0 amide bonds. The van der Waals surface area contributed by atoms with E-state index < -0.39 is 0 Å². The maximum atomic E-state index is 12.3. The van der Waals surface area contributed by atoms with E-state index in [4.69, 9.17) is 10.5 Å². The van der Waals surface area contributed by atoms with E-state index in [1.807, 2.05) is 24.3 Å². The maximum absolute atomic E-state index is 12.3. The number of ether oxygens (including phenoxy) is 1. The summed E-state index contributed by atoms with van der Waals surface area (Å²) in [7, 11) is 1.72. The zero-order valence-electron chi connectivity index (χ0n) is 17.3. The average molecular weight is 397 g/mol. The van der Waals surface area contributed by atoms with Gasteiger partial charge < -0.3 is 15.8 Å². The molecule has 2 aromatic rings. The van der Waals surface area contributed by atoms with Crippen LogP contribution in [0.2, 0.25) is 0 Å². The Bertz CT molecular complexity index is 788. The van der Waals surface area contributed by atoms with Crippen LogP contribution in [0.4, 0.5) is 0 Å². The summed E-state index contributed by atoms with van der Waals surface area (Å²) in [6, 6.07) is 12.1. The molecular formula is C23H32N4O2. The summed E-state index contributed by atoms with van der Waals surface area (Å²) in [4.78, 5) is 19.1. The molecule has 6 heteroatoms. The van der Waals surface area contributed by atoms with Gasteiger partial charge in [0.2, 0.25) is 0 Å². The normalized spacial score (nSPS) is 15.4. The minimum atomic E-state index is 0.281. The Labute approximate surface area is 173 Å². The smallest absolute Gasteiger partial charge is 0.146 e. The number of nitrogens with zero attached hydrogens (tertiary/aromatic N) is 2. The Morgan fingerprint density at radius 1 is 1.28 bits per heavy atom. The Balaban J connectivity index is 1.36. The molecule has 2 heterocycles.